The Kier molecular flexibility index (Phi) is 7.88. The first-order chi connectivity index (χ1) is 13.1. The van der Waals surface area contributed by atoms with Crippen molar-refractivity contribution in [3.63, 3.8) is 0 Å². The number of carbonyl (C=O) groups is 2. The molecule has 3 aliphatic heterocycles. The fourth-order valence-electron chi connectivity index (χ4n) is 4.02. The number of carboxylic acid groups (broad SMARTS) is 1. The SMILES string of the molecule is C=CCN1CC[C@H]2O[C@H](C(=O)N3CCC(C)CC3)CC[C@H]21.O=C(O)C(F)(F)F. The van der Waals surface area contributed by atoms with Crippen LogP contribution in [0.2, 0.25) is 0 Å². The minimum Gasteiger partial charge on any atom is -0.475 e. The van der Waals surface area contributed by atoms with E-state index < -0.39 is 12.1 Å². The Labute approximate surface area is 163 Å². The molecule has 3 atom stereocenters. The maximum atomic E-state index is 12.6. The molecule has 3 heterocycles. The van der Waals surface area contributed by atoms with E-state index in [2.05, 4.69) is 18.4 Å². The van der Waals surface area contributed by atoms with Gasteiger partial charge < -0.3 is 14.7 Å². The van der Waals surface area contributed by atoms with Crippen LogP contribution in [0.4, 0.5) is 13.2 Å². The Hall–Kier alpha value is -1.61. The molecule has 0 aromatic heterocycles. The first kappa shape index (κ1) is 22.7. The maximum Gasteiger partial charge on any atom is 0.490 e. The molecule has 9 heteroatoms. The summed E-state index contributed by atoms with van der Waals surface area (Å²) in [6, 6.07) is 0.494. The Balaban J connectivity index is 0.000000345. The molecule has 0 aliphatic carbocycles. The van der Waals surface area contributed by atoms with Crippen molar-refractivity contribution >= 4 is 11.9 Å². The average Bonchev–Trinajstić information content (AvgIpc) is 3.04. The fourth-order valence-corrected chi connectivity index (χ4v) is 4.02. The number of nitrogens with zero attached hydrogens (tertiary/aromatic N) is 2. The lowest BCUT2D eigenvalue weighted by Gasteiger charge is -2.38. The minimum atomic E-state index is -5.08. The topological polar surface area (TPSA) is 70.1 Å². The highest BCUT2D eigenvalue weighted by Crippen LogP contribution is 2.32. The van der Waals surface area contributed by atoms with Gasteiger partial charge in [0.1, 0.15) is 6.10 Å². The number of hydrogen-bond donors (Lipinski definition) is 1. The van der Waals surface area contributed by atoms with Gasteiger partial charge in [-0.25, -0.2) is 4.79 Å². The molecule has 28 heavy (non-hydrogen) atoms. The Morgan fingerprint density at radius 3 is 2.29 bits per heavy atom. The minimum absolute atomic E-state index is 0.191. The van der Waals surface area contributed by atoms with Crippen LogP contribution in [0.3, 0.4) is 0 Å². The number of halogens is 3. The van der Waals surface area contributed by atoms with Crippen molar-refractivity contribution in [3.05, 3.63) is 12.7 Å². The van der Waals surface area contributed by atoms with Gasteiger partial charge in [0.05, 0.1) is 6.10 Å². The molecule has 0 aromatic carbocycles. The first-order valence-electron chi connectivity index (χ1n) is 9.72. The van der Waals surface area contributed by atoms with Gasteiger partial charge in [0.2, 0.25) is 0 Å². The third-order valence-electron chi connectivity index (χ3n) is 5.64. The lowest BCUT2D eigenvalue weighted by molar-refractivity contribution is -0.192. The smallest absolute Gasteiger partial charge is 0.475 e. The van der Waals surface area contributed by atoms with E-state index in [-0.39, 0.29) is 18.1 Å². The highest BCUT2D eigenvalue weighted by Gasteiger charge is 2.42. The summed E-state index contributed by atoms with van der Waals surface area (Å²) in [6.45, 7) is 9.94. The van der Waals surface area contributed by atoms with Gasteiger partial charge in [-0.05, 0) is 38.0 Å². The van der Waals surface area contributed by atoms with Gasteiger partial charge in [-0.1, -0.05) is 13.0 Å². The number of carboxylic acids is 1. The zero-order chi connectivity index (χ0) is 20.9. The molecule has 3 rings (SSSR count). The van der Waals surface area contributed by atoms with Crippen LogP contribution < -0.4 is 0 Å². The summed E-state index contributed by atoms with van der Waals surface area (Å²) in [5.41, 5.74) is 0. The number of amides is 1. The number of fused-ring (bicyclic) bond motifs is 1. The molecule has 0 bridgehead atoms. The zero-order valence-corrected chi connectivity index (χ0v) is 16.2. The Morgan fingerprint density at radius 2 is 1.75 bits per heavy atom. The van der Waals surface area contributed by atoms with Crippen LogP contribution in [0.1, 0.15) is 39.0 Å². The molecule has 1 N–H and O–H groups in total. The van der Waals surface area contributed by atoms with E-state index in [0.717, 1.165) is 64.2 Å². The lowest BCUT2D eigenvalue weighted by atomic mass is 9.96. The molecule has 0 saturated carbocycles. The lowest BCUT2D eigenvalue weighted by Crippen LogP contribution is -2.50. The molecule has 0 unspecified atom stereocenters. The van der Waals surface area contributed by atoms with Crippen LogP contribution in [0, 0.1) is 5.92 Å². The van der Waals surface area contributed by atoms with Crippen molar-refractivity contribution in [2.45, 2.75) is 63.5 Å². The van der Waals surface area contributed by atoms with Gasteiger partial charge in [0.15, 0.2) is 0 Å². The van der Waals surface area contributed by atoms with E-state index >= 15 is 0 Å². The standard InChI is InChI=1S/C17H28N2O2.C2HF3O2/c1-3-9-18-12-8-15-14(18)4-5-16(21-15)17(20)19-10-6-13(2)7-11-19;3-2(4,5)1(6)7/h3,13-16H,1,4-12H2,2H3;(H,6,7)/t14-,15-,16+;/m1./s1. The van der Waals surface area contributed by atoms with E-state index in [4.69, 9.17) is 14.6 Å². The van der Waals surface area contributed by atoms with Gasteiger partial charge in [-0.2, -0.15) is 13.2 Å². The largest absolute Gasteiger partial charge is 0.490 e. The number of ether oxygens (including phenoxy) is 1. The summed E-state index contributed by atoms with van der Waals surface area (Å²) in [7, 11) is 0. The average molecular weight is 406 g/mol. The molecule has 3 fully saturated rings. The third kappa shape index (κ3) is 5.94. The molecular formula is C19H29F3N2O4. The summed E-state index contributed by atoms with van der Waals surface area (Å²) in [6.07, 6.45) is 2.22. The van der Waals surface area contributed by atoms with Gasteiger partial charge in [-0.15, -0.1) is 6.58 Å². The predicted octanol–water partition coefficient (Wildman–Crippen LogP) is 2.69. The molecule has 3 aliphatic rings. The van der Waals surface area contributed by atoms with Crippen molar-refractivity contribution in [2.24, 2.45) is 5.92 Å². The third-order valence-corrected chi connectivity index (χ3v) is 5.64. The normalized spacial score (nSPS) is 28.9. The highest BCUT2D eigenvalue weighted by molar-refractivity contribution is 5.81. The summed E-state index contributed by atoms with van der Waals surface area (Å²) in [5.74, 6) is -1.76. The molecule has 1 amide bonds. The number of hydrogen-bond acceptors (Lipinski definition) is 4. The zero-order valence-electron chi connectivity index (χ0n) is 16.2. The monoisotopic (exact) mass is 406 g/mol. The van der Waals surface area contributed by atoms with Crippen LogP contribution in [0.25, 0.3) is 0 Å². The van der Waals surface area contributed by atoms with E-state index in [1.165, 1.54) is 0 Å². The Morgan fingerprint density at radius 1 is 1.14 bits per heavy atom. The molecule has 0 spiro atoms. The molecule has 160 valence electrons. The van der Waals surface area contributed by atoms with Gasteiger partial charge in [-0.3, -0.25) is 9.69 Å². The highest BCUT2D eigenvalue weighted by atomic mass is 19.4. The number of likely N-dealkylation sites (tertiary alicyclic amines) is 2. The molecule has 6 nitrogen and oxygen atoms in total. The van der Waals surface area contributed by atoms with Crippen LogP contribution in [-0.2, 0) is 14.3 Å². The quantitative estimate of drug-likeness (QED) is 0.730. The number of piperidine rings is 1. The van der Waals surface area contributed by atoms with Crippen LogP contribution >= 0.6 is 0 Å². The summed E-state index contributed by atoms with van der Waals surface area (Å²) < 4.78 is 37.9. The van der Waals surface area contributed by atoms with Crippen molar-refractivity contribution in [1.82, 2.24) is 9.80 Å². The van der Waals surface area contributed by atoms with Crippen molar-refractivity contribution < 1.29 is 32.6 Å². The summed E-state index contributed by atoms with van der Waals surface area (Å²) in [4.78, 5) is 26.0. The van der Waals surface area contributed by atoms with Crippen LogP contribution in [0.15, 0.2) is 12.7 Å². The van der Waals surface area contributed by atoms with E-state index in [1.807, 2.05) is 11.0 Å². The van der Waals surface area contributed by atoms with Gasteiger partial charge >= 0.3 is 12.1 Å². The summed E-state index contributed by atoms with van der Waals surface area (Å²) in [5, 5.41) is 7.12. The van der Waals surface area contributed by atoms with E-state index in [1.54, 1.807) is 0 Å². The number of aliphatic carboxylic acids is 1. The number of alkyl halides is 3. The Bertz CT molecular complexity index is 562. The van der Waals surface area contributed by atoms with Crippen LogP contribution in [0.5, 0.6) is 0 Å². The number of carbonyl (C=O) groups excluding carboxylic acids is 1. The first-order valence-corrected chi connectivity index (χ1v) is 9.72. The maximum absolute atomic E-state index is 12.6. The van der Waals surface area contributed by atoms with Crippen molar-refractivity contribution in [1.29, 1.82) is 0 Å². The molecular weight excluding hydrogens is 377 g/mol. The van der Waals surface area contributed by atoms with Gasteiger partial charge in [0.25, 0.3) is 5.91 Å². The summed E-state index contributed by atoms with van der Waals surface area (Å²) >= 11 is 0. The predicted molar refractivity (Wildman–Crippen MR) is 96.7 cm³/mol. The molecule has 3 saturated heterocycles. The second-order valence-corrected chi connectivity index (χ2v) is 7.69. The number of rotatable bonds is 3. The van der Waals surface area contributed by atoms with E-state index in [9.17, 15) is 18.0 Å². The molecule has 0 aromatic rings. The second kappa shape index (κ2) is 9.73. The fraction of sp³-hybridized carbons (Fsp3) is 0.789. The second-order valence-electron chi connectivity index (χ2n) is 7.69. The van der Waals surface area contributed by atoms with Gasteiger partial charge in [0, 0.05) is 32.2 Å². The van der Waals surface area contributed by atoms with Crippen LogP contribution in [-0.4, -0.2) is 77.4 Å². The van der Waals surface area contributed by atoms with Crippen molar-refractivity contribution in [2.75, 3.05) is 26.2 Å². The van der Waals surface area contributed by atoms with Crippen molar-refractivity contribution in [3.8, 4) is 0 Å². The molecule has 0 radical (unpaired) electrons. The van der Waals surface area contributed by atoms with E-state index in [0.29, 0.717) is 6.04 Å².